The molecule has 4 heterocycles. The molecule has 0 aliphatic carbocycles. The molecule has 0 bridgehead atoms. The first-order chi connectivity index (χ1) is 26.3. The Morgan fingerprint density at radius 1 is 0.891 bits per heavy atom. The number of piperidine rings is 2. The lowest BCUT2D eigenvalue weighted by Crippen LogP contribution is -2.52. The lowest BCUT2D eigenvalue weighted by molar-refractivity contribution is -0.138. The van der Waals surface area contributed by atoms with E-state index in [0.717, 1.165) is 75.1 Å². The number of nitriles is 1. The van der Waals surface area contributed by atoms with Crippen LogP contribution in [0.25, 0.3) is 0 Å². The van der Waals surface area contributed by atoms with Crippen LogP contribution in [0.4, 0.5) is 24.5 Å². The number of carbonyl (C=O) groups is 3. The molecule has 13 heteroatoms. The summed E-state index contributed by atoms with van der Waals surface area (Å²) in [5, 5.41) is 11.5. The quantitative estimate of drug-likeness (QED) is 0.189. The Bertz CT molecular complexity index is 1970. The summed E-state index contributed by atoms with van der Waals surface area (Å²) in [4.78, 5) is 45.4. The number of amides is 3. The number of nitrogens with one attached hydrogen (secondary N) is 1. The highest BCUT2D eigenvalue weighted by Crippen LogP contribution is 2.44. The van der Waals surface area contributed by atoms with E-state index < -0.39 is 23.7 Å². The predicted octanol–water partition coefficient (Wildman–Crippen LogP) is 6.34. The van der Waals surface area contributed by atoms with E-state index in [0.29, 0.717) is 43.9 Å². The van der Waals surface area contributed by atoms with Crippen LogP contribution in [0.15, 0.2) is 60.7 Å². The number of nitrogens with zero attached hydrogens (tertiary/aromatic N) is 5. The molecule has 3 saturated heterocycles. The van der Waals surface area contributed by atoms with Crippen molar-refractivity contribution in [2.45, 2.75) is 70.6 Å². The SMILES string of the molecule is CC1(C)CN(c2ccc(C#N)c(C(F)(F)F)c2)CCC1c1ccc(OCCCCN2CCN(c3ccc4c(c3)CN(C3CCC(=O)NC3=O)C4=O)CC2)cc1. The lowest BCUT2D eigenvalue weighted by Gasteiger charge is -2.45. The molecule has 3 aromatic carbocycles. The van der Waals surface area contributed by atoms with Crippen LogP contribution in [0, 0.1) is 16.7 Å². The fourth-order valence-electron chi connectivity index (χ4n) is 8.67. The van der Waals surface area contributed by atoms with Crippen LogP contribution in [0.5, 0.6) is 5.75 Å². The summed E-state index contributed by atoms with van der Waals surface area (Å²) in [7, 11) is 0. The number of fused-ring (bicyclic) bond motifs is 1. The minimum atomic E-state index is -4.58. The van der Waals surface area contributed by atoms with Crippen LogP contribution >= 0.6 is 0 Å². The van der Waals surface area contributed by atoms with Gasteiger partial charge < -0.3 is 19.4 Å². The fraction of sp³-hybridized carbons (Fsp3) is 0.476. The number of benzene rings is 3. The Morgan fingerprint density at radius 2 is 1.62 bits per heavy atom. The molecular formula is C42H47F3N6O4. The van der Waals surface area contributed by atoms with Gasteiger partial charge in [0.2, 0.25) is 11.8 Å². The van der Waals surface area contributed by atoms with Crippen molar-refractivity contribution in [3.63, 3.8) is 0 Å². The fourth-order valence-corrected chi connectivity index (χ4v) is 8.67. The molecule has 3 amide bonds. The highest BCUT2D eigenvalue weighted by molar-refractivity contribution is 6.05. The summed E-state index contributed by atoms with van der Waals surface area (Å²) in [6, 6.07) is 19.2. The maximum absolute atomic E-state index is 13.6. The monoisotopic (exact) mass is 756 g/mol. The van der Waals surface area contributed by atoms with Gasteiger partial charge in [0.1, 0.15) is 11.8 Å². The summed E-state index contributed by atoms with van der Waals surface area (Å²) < 4.78 is 46.9. The number of imide groups is 1. The molecule has 1 N–H and O–H groups in total. The highest BCUT2D eigenvalue weighted by Gasteiger charge is 2.40. The van der Waals surface area contributed by atoms with Gasteiger partial charge in [0.15, 0.2) is 0 Å². The summed E-state index contributed by atoms with van der Waals surface area (Å²) >= 11 is 0. The van der Waals surface area contributed by atoms with E-state index in [4.69, 9.17) is 4.74 Å². The van der Waals surface area contributed by atoms with E-state index in [1.807, 2.05) is 29.2 Å². The van der Waals surface area contributed by atoms with Crippen molar-refractivity contribution in [3.05, 3.63) is 88.5 Å². The van der Waals surface area contributed by atoms with E-state index in [9.17, 15) is 32.8 Å². The average Bonchev–Trinajstić information content (AvgIpc) is 3.49. The molecule has 3 aromatic rings. The third-order valence-corrected chi connectivity index (χ3v) is 11.7. The van der Waals surface area contributed by atoms with Crippen molar-refractivity contribution in [2.24, 2.45) is 5.41 Å². The largest absolute Gasteiger partial charge is 0.494 e. The maximum atomic E-state index is 13.6. The van der Waals surface area contributed by atoms with Crippen LogP contribution < -0.4 is 19.9 Å². The normalized spacial score (nSPS) is 21.7. The molecular weight excluding hydrogens is 709 g/mol. The molecule has 0 spiro atoms. The number of hydrogen-bond donors (Lipinski definition) is 1. The molecule has 0 aromatic heterocycles. The first-order valence-corrected chi connectivity index (χ1v) is 19.1. The molecule has 4 aliphatic heterocycles. The van der Waals surface area contributed by atoms with Crippen LogP contribution in [0.2, 0.25) is 0 Å². The van der Waals surface area contributed by atoms with Crippen LogP contribution in [-0.4, -0.2) is 86.0 Å². The lowest BCUT2D eigenvalue weighted by atomic mass is 9.70. The third kappa shape index (κ3) is 8.29. The molecule has 55 heavy (non-hydrogen) atoms. The van der Waals surface area contributed by atoms with Gasteiger partial charge in [0, 0.05) is 69.2 Å². The molecule has 0 saturated carbocycles. The van der Waals surface area contributed by atoms with Crippen LogP contribution in [0.3, 0.4) is 0 Å². The van der Waals surface area contributed by atoms with Gasteiger partial charge in [-0.3, -0.25) is 24.6 Å². The second-order valence-corrected chi connectivity index (χ2v) is 15.8. The number of alkyl halides is 3. The topological polar surface area (TPSA) is 109 Å². The molecule has 7 rings (SSSR count). The summed E-state index contributed by atoms with van der Waals surface area (Å²) in [5.41, 5.74) is 2.86. The van der Waals surface area contributed by atoms with E-state index in [-0.39, 0.29) is 35.1 Å². The number of piperazine rings is 1. The standard InChI is InChI=1S/C42H47F3N6O4/c1-41(2)27-50(32-8-5-29(25-46)36(24-32)42(43,44)45)17-15-35(41)28-6-10-33(11-7-28)55-22-4-3-16-48-18-20-49(21-19-48)31-9-12-34-30(23-31)26-51(40(34)54)37-13-14-38(52)47-39(37)53/h5-12,23-24,35,37H,3-4,13-22,26-27H2,1-2H3,(H,47,52,53). The Balaban J connectivity index is 0.826. The van der Waals surface area contributed by atoms with E-state index in [1.165, 1.54) is 11.6 Å². The van der Waals surface area contributed by atoms with Gasteiger partial charge in [-0.15, -0.1) is 0 Å². The van der Waals surface area contributed by atoms with Crippen LogP contribution in [-0.2, 0) is 22.3 Å². The minimum absolute atomic E-state index is 0.155. The zero-order chi connectivity index (χ0) is 38.9. The Kier molecular flexibility index (Phi) is 10.8. The van der Waals surface area contributed by atoms with Crippen molar-refractivity contribution in [1.82, 2.24) is 15.1 Å². The van der Waals surface area contributed by atoms with Gasteiger partial charge in [0.25, 0.3) is 5.91 Å². The van der Waals surface area contributed by atoms with Crippen molar-refractivity contribution >= 4 is 29.1 Å². The number of unbranched alkanes of at least 4 members (excludes halogenated alkanes) is 1. The third-order valence-electron chi connectivity index (χ3n) is 11.7. The van der Waals surface area contributed by atoms with E-state index >= 15 is 0 Å². The van der Waals surface area contributed by atoms with Gasteiger partial charge in [-0.1, -0.05) is 26.0 Å². The number of hydrogen-bond acceptors (Lipinski definition) is 8. The van der Waals surface area contributed by atoms with Gasteiger partial charge in [-0.25, -0.2) is 0 Å². The zero-order valence-electron chi connectivity index (χ0n) is 31.3. The zero-order valence-corrected chi connectivity index (χ0v) is 31.3. The summed E-state index contributed by atoms with van der Waals surface area (Å²) in [6.45, 7) is 11.2. The highest BCUT2D eigenvalue weighted by atomic mass is 19.4. The van der Waals surface area contributed by atoms with E-state index in [2.05, 4.69) is 47.2 Å². The Hall–Kier alpha value is -5.09. The number of rotatable bonds is 10. The predicted molar refractivity (Wildman–Crippen MR) is 202 cm³/mol. The molecule has 290 valence electrons. The second kappa shape index (κ2) is 15.6. The minimum Gasteiger partial charge on any atom is -0.494 e. The number of ether oxygens (including phenoxy) is 1. The Morgan fingerprint density at radius 3 is 2.31 bits per heavy atom. The van der Waals surface area contributed by atoms with Gasteiger partial charge in [0.05, 0.1) is 23.8 Å². The number of halogens is 3. The van der Waals surface area contributed by atoms with Crippen LogP contribution in [0.1, 0.15) is 84.5 Å². The summed E-state index contributed by atoms with van der Waals surface area (Å²) in [6.07, 6.45) is -1.24. The molecule has 3 fully saturated rings. The molecule has 4 aliphatic rings. The maximum Gasteiger partial charge on any atom is 0.417 e. The molecule has 0 radical (unpaired) electrons. The first kappa shape index (κ1) is 38.2. The van der Waals surface area contributed by atoms with Crippen molar-refractivity contribution in [3.8, 4) is 11.8 Å². The first-order valence-electron chi connectivity index (χ1n) is 19.1. The number of anilines is 2. The van der Waals surface area contributed by atoms with Gasteiger partial charge in [-0.2, -0.15) is 18.4 Å². The average molecular weight is 757 g/mol. The van der Waals surface area contributed by atoms with Crippen molar-refractivity contribution in [2.75, 3.05) is 62.2 Å². The number of carbonyl (C=O) groups excluding carboxylic acids is 3. The van der Waals surface area contributed by atoms with Crippen molar-refractivity contribution < 1.29 is 32.3 Å². The molecule has 10 nitrogen and oxygen atoms in total. The summed E-state index contributed by atoms with van der Waals surface area (Å²) in [5.74, 6) is 0.214. The van der Waals surface area contributed by atoms with E-state index in [1.54, 1.807) is 17.0 Å². The van der Waals surface area contributed by atoms with Crippen molar-refractivity contribution in [1.29, 1.82) is 5.26 Å². The Labute approximate surface area is 319 Å². The van der Waals surface area contributed by atoms with Gasteiger partial charge in [-0.05, 0) is 103 Å². The molecule has 2 atom stereocenters. The smallest absolute Gasteiger partial charge is 0.417 e. The molecule has 2 unspecified atom stereocenters. The van der Waals surface area contributed by atoms with Gasteiger partial charge >= 0.3 is 6.18 Å². The second-order valence-electron chi connectivity index (χ2n) is 15.8.